The molecule has 0 bridgehead atoms. The van der Waals surface area contributed by atoms with Crippen molar-refractivity contribution in [2.75, 3.05) is 9.80 Å². The molecule has 3 nitrogen and oxygen atoms in total. The highest BCUT2D eigenvalue weighted by Gasteiger charge is 2.27. The Morgan fingerprint density at radius 3 is 1.69 bits per heavy atom. The molecule has 3 heteroatoms. The molecule has 0 aliphatic heterocycles. The zero-order chi connectivity index (χ0) is 19.4. The summed E-state index contributed by atoms with van der Waals surface area (Å²) < 4.78 is 0. The molecule has 0 saturated heterocycles. The van der Waals surface area contributed by atoms with Crippen LogP contribution in [-0.2, 0) is 0 Å². The number of para-hydroxylation sites is 2. The average Bonchev–Trinajstić information content (AvgIpc) is 2.56. The van der Waals surface area contributed by atoms with Gasteiger partial charge in [-0.05, 0) is 63.8 Å². The van der Waals surface area contributed by atoms with Crippen LogP contribution < -0.4 is 9.80 Å². The van der Waals surface area contributed by atoms with Gasteiger partial charge in [-0.25, -0.2) is 0 Å². The van der Waals surface area contributed by atoms with Gasteiger partial charge in [-0.2, -0.15) is 0 Å². The largest absolute Gasteiger partial charge is 0.310 e. The van der Waals surface area contributed by atoms with E-state index in [1.54, 1.807) is 0 Å². The van der Waals surface area contributed by atoms with Crippen LogP contribution in [0.25, 0.3) is 0 Å². The van der Waals surface area contributed by atoms with Gasteiger partial charge >= 0.3 is 0 Å². The number of benzene rings is 2. The van der Waals surface area contributed by atoms with Crippen molar-refractivity contribution >= 4 is 17.3 Å². The molecule has 0 spiro atoms. The lowest BCUT2D eigenvalue weighted by Gasteiger charge is -2.40. The second-order valence-electron chi connectivity index (χ2n) is 7.75. The number of anilines is 2. The molecule has 2 rings (SSSR count). The summed E-state index contributed by atoms with van der Waals surface area (Å²) in [4.78, 5) is 4.29. The fourth-order valence-corrected chi connectivity index (χ4v) is 3.42. The maximum Gasteiger partial charge on any atom is 0.203 e. The molecular formula is C23H33N3. The number of rotatable bonds is 5. The lowest BCUT2D eigenvalue weighted by molar-refractivity contribution is 0.738. The van der Waals surface area contributed by atoms with Gasteiger partial charge in [0.05, 0.1) is 0 Å². The summed E-state index contributed by atoms with van der Waals surface area (Å²) in [7, 11) is 0. The van der Waals surface area contributed by atoms with Crippen molar-refractivity contribution in [2.24, 2.45) is 0 Å². The lowest BCUT2D eigenvalue weighted by Crippen LogP contribution is -2.50. The molecule has 0 radical (unpaired) electrons. The monoisotopic (exact) mass is 351 g/mol. The minimum Gasteiger partial charge on any atom is -0.310 e. The number of guanidine groups is 1. The van der Waals surface area contributed by atoms with E-state index in [0.29, 0.717) is 11.9 Å². The van der Waals surface area contributed by atoms with Crippen molar-refractivity contribution in [2.45, 2.75) is 66.5 Å². The zero-order valence-corrected chi connectivity index (χ0v) is 17.2. The molecule has 0 heterocycles. The Hall–Kier alpha value is -2.29. The molecule has 0 aromatic heterocycles. The van der Waals surface area contributed by atoms with Crippen LogP contribution in [0.5, 0.6) is 0 Å². The minimum atomic E-state index is 0.188. The fraction of sp³-hybridized carbons (Fsp3) is 0.435. The van der Waals surface area contributed by atoms with Gasteiger partial charge < -0.3 is 9.80 Å². The van der Waals surface area contributed by atoms with E-state index in [9.17, 15) is 0 Å². The van der Waals surface area contributed by atoms with Gasteiger partial charge in [-0.3, -0.25) is 5.41 Å². The zero-order valence-electron chi connectivity index (χ0n) is 17.2. The van der Waals surface area contributed by atoms with Gasteiger partial charge in [-0.15, -0.1) is 0 Å². The molecule has 0 aliphatic carbocycles. The lowest BCUT2D eigenvalue weighted by atomic mass is 9.99. The number of aryl methyl sites for hydroxylation is 1. The van der Waals surface area contributed by atoms with Crippen LogP contribution in [-0.4, -0.2) is 18.0 Å². The van der Waals surface area contributed by atoms with Crippen molar-refractivity contribution in [3.8, 4) is 0 Å². The Morgan fingerprint density at radius 1 is 0.731 bits per heavy atom. The van der Waals surface area contributed by atoms with E-state index in [2.05, 4.69) is 101 Å². The van der Waals surface area contributed by atoms with Crippen molar-refractivity contribution < 1.29 is 0 Å². The molecule has 26 heavy (non-hydrogen) atoms. The Kier molecular flexibility index (Phi) is 6.47. The first-order valence-corrected chi connectivity index (χ1v) is 9.57. The second kappa shape index (κ2) is 8.39. The maximum atomic E-state index is 9.13. The Labute approximate surface area is 159 Å². The highest BCUT2D eigenvalue weighted by molar-refractivity contribution is 6.06. The fourth-order valence-electron chi connectivity index (χ4n) is 3.42. The molecule has 0 unspecified atom stereocenters. The highest BCUT2D eigenvalue weighted by Crippen LogP contribution is 2.31. The minimum absolute atomic E-state index is 0.188. The first-order chi connectivity index (χ1) is 12.3. The molecule has 2 aromatic rings. The van der Waals surface area contributed by atoms with E-state index >= 15 is 0 Å². The third-order valence-electron chi connectivity index (χ3n) is 4.68. The molecule has 2 aromatic carbocycles. The van der Waals surface area contributed by atoms with Gasteiger partial charge in [0, 0.05) is 23.5 Å². The SMILES string of the molecule is Cc1ccccc1N(C(=N)N(c1ccccc1C(C)C)C(C)C)C(C)C. The van der Waals surface area contributed by atoms with E-state index in [1.165, 1.54) is 11.1 Å². The predicted molar refractivity (Wildman–Crippen MR) is 115 cm³/mol. The molecular weight excluding hydrogens is 318 g/mol. The van der Waals surface area contributed by atoms with E-state index in [4.69, 9.17) is 5.41 Å². The summed E-state index contributed by atoms with van der Waals surface area (Å²) in [5, 5.41) is 9.13. The molecule has 0 atom stereocenters. The van der Waals surface area contributed by atoms with Crippen molar-refractivity contribution in [1.82, 2.24) is 0 Å². The van der Waals surface area contributed by atoms with Gasteiger partial charge in [0.2, 0.25) is 5.96 Å². The Bertz CT molecular complexity index is 747. The van der Waals surface area contributed by atoms with Gasteiger partial charge in [-0.1, -0.05) is 50.2 Å². The first kappa shape index (κ1) is 20.0. The molecule has 0 aliphatic rings. The third-order valence-corrected chi connectivity index (χ3v) is 4.68. The van der Waals surface area contributed by atoms with Crippen LogP contribution in [0.15, 0.2) is 48.5 Å². The summed E-state index contributed by atoms with van der Waals surface area (Å²) in [5.74, 6) is 0.934. The molecule has 1 N–H and O–H groups in total. The van der Waals surface area contributed by atoms with Crippen LogP contribution in [0.3, 0.4) is 0 Å². The van der Waals surface area contributed by atoms with E-state index in [0.717, 1.165) is 11.4 Å². The number of nitrogens with zero attached hydrogens (tertiary/aromatic N) is 2. The normalized spacial score (nSPS) is 11.3. The van der Waals surface area contributed by atoms with E-state index in [1.807, 2.05) is 6.07 Å². The summed E-state index contributed by atoms with van der Waals surface area (Å²) in [5.41, 5.74) is 4.69. The smallest absolute Gasteiger partial charge is 0.203 e. The number of nitrogens with one attached hydrogen (secondary N) is 1. The number of hydrogen-bond donors (Lipinski definition) is 1. The Morgan fingerprint density at radius 2 is 1.19 bits per heavy atom. The van der Waals surface area contributed by atoms with Crippen molar-refractivity contribution in [1.29, 1.82) is 5.41 Å². The van der Waals surface area contributed by atoms with Crippen molar-refractivity contribution in [3.05, 3.63) is 59.7 Å². The quantitative estimate of drug-likeness (QED) is 0.515. The third kappa shape index (κ3) is 4.09. The Balaban J connectivity index is 2.56. The van der Waals surface area contributed by atoms with Gasteiger partial charge in [0.25, 0.3) is 0 Å². The topological polar surface area (TPSA) is 30.3 Å². The summed E-state index contributed by atoms with van der Waals surface area (Å²) in [6.45, 7) is 15.1. The summed E-state index contributed by atoms with van der Waals surface area (Å²) in [6.07, 6.45) is 0. The van der Waals surface area contributed by atoms with Gasteiger partial charge in [0.15, 0.2) is 0 Å². The second-order valence-corrected chi connectivity index (χ2v) is 7.75. The maximum absolute atomic E-state index is 9.13. The molecule has 0 saturated carbocycles. The number of hydrogen-bond acceptors (Lipinski definition) is 1. The van der Waals surface area contributed by atoms with Crippen LogP contribution in [0.1, 0.15) is 58.6 Å². The van der Waals surface area contributed by atoms with E-state index in [-0.39, 0.29) is 12.1 Å². The van der Waals surface area contributed by atoms with Gasteiger partial charge in [0.1, 0.15) is 0 Å². The van der Waals surface area contributed by atoms with Crippen LogP contribution in [0.4, 0.5) is 11.4 Å². The molecule has 140 valence electrons. The van der Waals surface area contributed by atoms with Crippen LogP contribution in [0, 0.1) is 12.3 Å². The average molecular weight is 352 g/mol. The first-order valence-electron chi connectivity index (χ1n) is 9.57. The summed E-state index contributed by atoms with van der Waals surface area (Å²) in [6, 6.07) is 17.2. The van der Waals surface area contributed by atoms with Crippen LogP contribution >= 0.6 is 0 Å². The predicted octanol–water partition coefficient (Wildman–Crippen LogP) is 6.18. The summed E-state index contributed by atoms with van der Waals surface area (Å²) >= 11 is 0. The van der Waals surface area contributed by atoms with Crippen LogP contribution in [0.2, 0.25) is 0 Å². The van der Waals surface area contributed by atoms with E-state index < -0.39 is 0 Å². The highest BCUT2D eigenvalue weighted by atomic mass is 15.4. The van der Waals surface area contributed by atoms with Crippen molar-refractivity contribution in [3.63, 3.8) is 0 Å². The standard InChI is InChI=1S/C23H33N3/c1-16(2)20-13-9-11-15-22(20)26(18(5)6)23(24)25(17(3)4)21-14-10-8-12-19(21)7/h8-18,24H,1-7H3. The molecule has 0 amide bonds. The molecule has 0 fully saturated rings.